The fourth-order valence-corrected chi connectivity index (χ4v) is 3.61. The number of hydrogen-bond acceptors (Lipinski definition) is 7. The molecule has 8 nitrogen and oxygen atoms in total. The lowest BCUT2D eigenvalue weighted by atomic mass is 10.2. The van der Waals surface area contributed by atoms with Gasteiger partial charge >= 0.3 is 0 Å². The Balaban J connectivity index is 1.60. The van der Waals surface area contributed by atoms with Crippen LogP contribution in [0.2, 0.25) is 0 Å². The zero-order valence-corrected chi connectivity index (χ0v) is 16.6. The number of aromatic amines is 1. The van der Waals surface area contributed by atoms with E-state index >= 15 is 0 Å². The molecule has 5 aromatic rings. The average molecular weight is 417 g/mol. The maximum Gasteiger partial charge on any atom is 0.267 e. The molecule has 30 heavy (non-hydrogen) atoms. The zero-order valence-electron chi connectivity index (χ0n) is 15.7. The number of hydrogen-bond donors (Lipinski definition) is 2. The molecule has 5 rings (SSSR count). The predicted octanol–water partition coefficient (Wildman–Crippen LogP) is 3.86. The Hall–Kier alpha value is -3.85. The summed E-state index contributed by atoms with van der Waals surface area (Å²) in [5.74, 6) is 0.00690. The number of nitrogens with zero attached hydrogens (tertiary/aromatic N) is 4. The Morgan fingerprint density at radius 3 is 2.60 bits per heavy atom. The number of pyridine rings is 1. The van der Waals surface area contributed by atoms with Crippen LogP contribution in [0.4, 0.5) is 0 Å². The van der Waals surface area contributed by atoms with Crippen LogP contribution >= 0.6 is 11.8 Å². The fraction of sp³-hybridized carbons (Fsp3) is 0.0476. The van der Waals surface area contributed by atoms with Gasteiger partial charge < -0.3 is 14.6 Å². The molecule has 3 heterocycles. The zero-order chi connectivity index (χ0) is 20.7. The van der Waals surface area contributed by atoms with Crippen LogP contribution in [0.15, 0.2) is 75.0 Å². The van der Waals surface area contributed by atoms with Crippen LogP contribution < -0.4 is 5.56 Å². The normalized spacial score (nSPS) is 11.2. The second-order valence-electron chi connectivity index (χ2n) is 6.48. The van der Waals surface area contributed by atoms with E-state index in [1.54, 1.807) is 16.4 Å². The molecule has 148 valence electrons. The molecule has 0 spiro atoms. The molecule has 2 N–H and O–H groups in total. The first-order valence-electron chi connectivity index (χ1n) is 9.02. The molecule has 0 saturated carbocycles. The molecule has 0 fully saturated rings. The van der Waals surface area contributed by atoms with Gasteiger partial charge in [0.25, 0.3) is 11.4 Å². The van der Waals surface area contributed by atoms with Gasteiger partial charge in [-0.25, -0.2) is 4.68 Å². The molecular formula is C21H15N5O3S. The van der Waals surface area contributed by atoms with Crippen molar-refractivity contribution >= 4 is 22.8 Å². The average Bonchev–Trinajstić information content (AvgIpc) is 3.42. The van der Waals surface area contributed by atoms with Gasteiger partial charge in [-0.1, -0.05) is 23.4 Å². The van der Waals surface area contributed by atoms with E-state index < -0.39 is 5.56 Å². The first kappa shape index (κ1) is 18.2. The summed E-state index contributed by atoms with van der Waals surface area (Å²) in [5, 5.41) is 19.4. The summed E-state index contributed by atoms with van der Waals surface area (Å²) in [7, 11) is 0. The van der Waals surface area contributed by atoms with Crippen LogP contribution in [0.25, 0.3) is 39.6 Å². The van der Waals surface area contributed by atoms with Crippen molar-refractivity contribution in [2.45, 2.75) is 4.90 Å². The Bertz CT molecular complexity index is 1400. The number of nitrogens with one attached hydrogen (secondary N) is 1. The number of para-hydroxylation sites is 1. The molecule has 0 saturated heterocycles. The molecule has 0 bridgehead atoms. The summed E-state index contributed by atoms with van der Waals surface area (Å²) >= 11 is 1.63. The van der Waals surface area contributed by atoms with Crippen molar-refractivity contribution in [1.82, 2.24) is 24.9 Å². The smallest absolute Gasteiger partial charge is 0.267 e. The van der Waals surface area contributed by atoms with E-state index in [-0.39, 0.29) is 17.2 Å². The van der Waals surface area contributed by atoms with Crippen LogP contribution in [0.5, 0.6) is 5.75 Å². The molecule has 9 heteroatoms. The maximum absolute atomic E-state index is 12.8. The summed E-state index contributed by atoms with van der Waals surface area (Å²) < 4.78 is 6.84. The van der Waals surface area contributed by atoms with Crippen molar-refractivity contribution in [2.24, 2.45) is 0 Å². The molecule has 0 aliphatic carbocycles. The van der Waals surface area contributed by atoms with E-state index in [1.165, 1.54) is 6.20 Å². The van der Waals surface area contributed by atoms with Crippen LogP contribution in [-0.4, -0.2) is 36.3 Å². The first-order valence-corrected chi connectivity index (χ1v) is 10.2. The molecular weight excluding hydrogens is 402 g/mol. The maximum atomic E-state index is 12.8. The van der Waals surface area contributed by atoms with E-state index in [2.05, 4.69) is 20.2 Å². The highest BCUT2D eigenvalue weighted by atomic mass is 32.2. The van der Waals surface area contributed by atoms with Gasteiger partial charge in [-0.15, -0.1) is 11.8 Å². The van der Waals surface area contributed by atoms with E-state index in [0.717, 1.165) is 16.1 Å². The lowest BCUT2D eigenvalue weighted by Crippen LogP contribution is -2.11. The van der Waals surface area contributed by atoms with Crippen LogP contribution in [0.1, 0.15) is 0 Å². The van der Waals surface area contributed by atoms with Crippen molar-refractivity contribution in [3.63, 3.8) is 0 Å². The summed E-state index contributed by atoms with van der Waals surface area (Å²) in [4.78, 5) is 21.0. The van der Waals surface area contributed by atoms with Crippen LogP contribution in [0.3, 0.4) is 0 Å². The number of fused-ring (bicyclic) bond motifs is 1. The SMILES string of the molecule is CSc1ccc(-c2noc(-c3c(O)c4cnn(-c5ccccc5)c4[nH]c3=O)n2)cc1. The highest BCUT2D eigenvalue weighted by Crippen LogP contribution is 2.32. The van der Waals surface area contributed by atoms with Crippen molar-refractivity contribution in [3.05, 3.63) is 71.1 Å². The van der Waals surface area contributed by atoms with E-state index in [4.69, 9.17) is 4.52 Å². The van der Waals surface area contributed by atoms with E-state index in [0.29, 0.717) is 16.9 Å². The molecule has 0 atom stereocenters. The molecule has 0 aliphatic rings. The molecule has 3 aromatic heterocycles. The van der Waals surface area contributed by atoms with Crippen LogP contribution in [-0.2, 0) is 0 Å². The minimum absolute atomic E-state index is 0.0629. The largest absolute Gasteiger partial charge is 0.506 e. The van der Waals surface area contributed by atoms with E-state index in [9.17, 15) is 9.90 Å². The third kappa shape index (κ3) is 2.96. The van der Waals surface area contributed by atoms with Gasteiger partial charge in [0.2, 0.25) is 5.82 Å². The number of benzene rings is 2. The topological polar surface area (TPSA) is 110 Å². The van der Waals surface area contributed by atoms with Gasteiger partial charge in [-0.05, 0) is 42.7 Å². The highest BCUT2D eigenvalue weighted by molar-refractivity contribution is 7.98. The molecule has 0 aliphatic heterocycles. The van der Waals surface area contributed by atoms with E-state index in [1.807, 2.05) is 60.9 Å². The van der Waals surface area contributed by atoms with Crippen LogP contribution in [0, 0.1) is 0 Å². The monoisotopic (exact) mass is 417 g/mol. The lowest BCUT2D eigenvalue weighted by molar-refractivity contribution is 0.426. The molecule has 2 aromatic carbocycles. The summed E-state index contributed by atoms with van der Waals surface area (Å²) in [6.07, 6.45) is 3.47. The first-order chi connectivity index (χ1) is 14.7. The Morgan fingerprint density at radius 1 is 1.10 bits per heavy atom. The molecule has 0 unspecified atom stereocenters. The molecule has 0 amide bonds. The number of rotatable bonds is 4. The van der Waals surface area contributed by atoms with Crippen molar-refractivity contribution in [2.75, 3.05) is 6.26 Å². The second-order valence-corrected chi connectivity index (χ2v) is 7.36. The minimum atomic E-state index is -0.550. The van der Waals surface area contributed by atoms with Gasteiger partial charge in [-0.3, -0.25) is 4.79 Å². The summed E-state index contributed by atoms with van der Waals surface area (Å²) in [5.41, 5.74) is 1.24. The molecule has 0 radical (unpaired) electrons. The van der Waals surface area contributed by atoms with Gasteiger partial charge in [0, 0.05) is 10.5 Å². The number of aromatic nitrogens is 5. The van der Waals surface area contributed by atoms with Gasteiger partial charge in [-0.2, -0.15) is 10.1 Å². The number of H-pyrrole nitrogens is 1. The number of thioether (sulfide) groups is 1. The Morgan fingerprint density at radius 2 is 1.87 bits per heavy atom. The second kappa shape index (κ2) is 7.20. The summed E-state index contributed by atoms with van der Waals surface area (Å²) in [6, 6.07) is 17.0. The lowest BCUT2D eigenvalue weighted by Gasteiger charge is -2.04. The third-order valence-electron chi connectivity index (χ3n) is 4.71. The summed E-state index contributed by atoms with van der Waals surface area (Å²) in [6.45, 7) is 0. The van der Waals surface area contributed by atoms with Crippen molar-refractivity contribution in [1.29, 1.82) is 0 Å². The van der Waals surface area contributed by atoms with Crippen molar-refractivity contribution in [3.8, 4) is 34.3 Å². The predicted molar refractivity (Wildman–Crippen MR) is 114 cm³/mol. The standard InChI is InChI=1S/C21H15N5O3S/c1-30-14-9-7-12(8-10-14)18-23-21(29-25-18)16-17(27)15-11-22-26(19(15)24-20(16)28)13-5-3-2-4-6-13/h2-11H,1H3,(H2,24,27,28). The van der Waals surface area contributed by atoms with Gasteiger partial charge in [0.15, 0.2) is 0 Å². The van der Waals surface area contributed by atoms with Crippen molar-refractivity contribution < 1.29 is 9.63 Å². The quantitative estimate of drug-likeness (QED) is 0.427. The van der Waals surface area contributed by atoms with Gasteiger partial charge in [0.05, 0.1) is 17.3 Å². The number of aromatic hydroxyl groups is 1. The Kier molecular flexibility index (Phi) is 4.36. The fourth-order valence-electron chi connectivity index (χ4n) is 3.20. The Labute approximate surface area is 174 Å². The third-order valence-corrected chi connectivity index (χ3v) is 5.45. The minimum Gasteiger partial charge on any atom is -0.506 e. The highest BCUT2D eigenvalue weighted by Gasteiger charge is 2.22. The van der Waals surface area contributed by atoms with Gasteiger partial charge in [0.1, 0.15) is 17.0 Å².